The average molecular weight is 182 g/mol. The van der Waals surface area contributed by atoms with Gasteiger partial charge < -0.3 is 0 Å². The molecule has 1 aliphatic rings. The van der Waals surface area contributed by atoms with Gasteiger partial charge in [0.25, 0.3) is 0 Å². The van der Waals surface area contributed by atoms with Crippen LogP contribution in [0.25, 0.3) is 0 Å². The van der Waals surface area contributed by atoms with Crippen molar-refractivity contribution in [2.45, 2.75) is 59.8 Å². The molecule has 13 heavy (non-hydrogen) atoms. The minimum Gasteiger partial charge on any atom is -0.0625 e. The SMILES string of the molecule is CC(C)C1CCCCC(C(C)C)C1. The summed E-state index contributed by atoms with van der Waals surface area (Å²) in [5.41, 5.74) is 0. The lowest BCUT2D eigenvalue weighted by Crippen LogP contribution is -2.15. The van der Waals surface area contributed by atoms with E-state index in [4.69, 9.17) is 0 Å². The van der Waals surface area contributed by atoms with Gasteiger partial charge in [-0.15, -0.1) is 0 Å². The molecule has 0 bridgehead atoms. The van der Waals surface area contributed by atoms with Crippen LogP contribution in [-0.4, -0.2) is 0 Å². The fraction of sp³-hybridized carbons (Fsp3) is 1.00. The minimum atomic E-state index is 0.902. The lowest BCUT2D eigenvalue weighted by Gasteiger charge is -2.25. The van der Waals surface area contributed by atoms with E-state index >= 15 is 0 Å². The summed E-state index contributed by atoms with van der Waals surface area (Å²) in [6.07, 6.45) is 7.43. The Morgan fingerprint density at radius 1 is 0.769 bits per heavy atom. The van der Waals surface area contributed by atoms with E-state index in [-0.39, 0.29) is 0 Å². The van der Waals surface area contributed by atoms with Crippen LogP contribution in [0, 0.1) is 23.7 Å². The molecular weight excluding hydrogens is 156 g/mol. The fourth-order valence-corrected chi connectivity index (χ4v) is 2.65. The van der Waals surface area contributed by atoms with Crippen LogP contribution in [0.3, 0.4) is 0 Å². The smallest absolute Gasteiger partial charge is 0.0388 e. The first-order chi connectivity index (χ1) is 6.11. The molecule has 2 unspecified atom stereocenters. The summed E-state index contributed by atoms with van der Waals surface area (Å²) in [7, 11) is 0. The van der Waals surface area contributed by atoms with E-state index in [0.29, 0.717) is 0 Å². The van der Waals surface area contributed by atoms with Gasteiger partial charge in [0.2, 0.25) is 0 Å². The van der Waals surface area contributed by atoms with Crippen molar-refractivity contribution in [3.05, 3.63) is 0 Å². The lowest BCUT2D eigenvalue weighted by molar-refractivity contribution is 0.255. The van der Waals surface area contributed by atoms with Crippen LogP contribution in [0.1, 0.15) is 59.8 Å². The Bertz CT molecular complexity index is 119. The van der Waals surface area contributed by atoms with Crippen LogP contribution in [0.15, 0.2) is 0 Å². The molecule has 0 aromatic heterocycles. The van der Waals surface area contributed by atoms with E-state index in [2.05, 4.69) is 27.7 Å². The zero-order valence-corrected chi connectivity index (χ0v) is 9.84. The summed E-state index contributed by atoms with van der Waals surface area (Å²) in [5.74, 6) is 3.82. The van der Waals surface area contributed by atoms with Crippen LogP contribution < -0.4 is 0 Å². The molecule has 0 aliphatic heterocycles. The molecule has 0 heteroatoms. The lowest BCUT2D eigenvalue weighted by atomic mass is 9.81. The van der Waals surface area contributed by atoms with Crippen LogP contribution in [0.4, 0.5) is 0 Å². The number of hydrogen-bond donors (Lipinski definition) is 0. The second-order valence-corrected chi connectivity index (χ2v) is 5.53. The minimum absolute atomic E-state index is 0.902. The van der Waals surface area contributed by atoms with Crippen molar-refractivity contribution in [3.63, 3.8) is 0 Å². The molecule has 0 saturated heterocycles. The zero-order chi connectivity index (χ0) is 9.84. The van der Waals surface area contributed by atoms with Gasteiger partial charge in [-0.1, -0.05) is 53.4 Å². The van der Waals surface area contributed by atoms with Gasteiger partial charge in [-0.3, -0.25) is 0 Å². The summed E-state index contributed by atoms with van der Waals surface area (Å²) in [6, 6.07) is 0. The Morgan fingerprint density at radius 2 is 1.15 bits per heavy atom. The second-order valence-electron chi connectivity index (χ2n) is 5.53. The van der Waals surface area contributed by atoms with Gasteiger partial charge in [0.1, 0.15) is 0 Å². The summed E-state index contributed by atoms with van der Waals surface area (Å²) >= 11 is 0. The Hall–Kier alpha value is 0. The van der Waals surface area contributed by atoms with Crippen molar-refractivity contribution in [2.75, 3.05) is 0 Å². The van der Waals surface area contributed by atoms with Gasteiger partial charge in [0.15, 0.2) is 0 Å². The van der Waals surface area contributed by atoms with Crippen molar-refractivity contribution in [1.29, 1.82) is 0 Å². The highest BCUT2D eigenvalue weighted by atomic mass is 14.3. The van der Waals surface area contributed by atoms with Crippen molar-refractivity contribution >= 4 is 0 Å². The molecule has 0 aromatic rings. The van der Waals surface area contributed by atoms with Crippen LogP contribution in [0.2, 0.25) is 0 Å². The molecule has 0 nitrogen and oxygen atoms in total. The first-order valence-corrected chi connectivity index (χ1v) is 6.11. The molecule has 1 fully saturated rings. The summed E-state index contributed by atoms with van der Waals surface area (Å²) in [6.45, 7) is 9.58. The van der Waals surface area contributed by atoms with Crippen molar-refractivity contribution in [3.8, 4) is 0 Å². The van der Waals surface area contributed by atoms with Crippen molar-refractivity contribution in [2.24, 2.45) is 23.7 Å². The molecule has 0 heterocycles. The average Bonchev–Trinajstić information content (AvgIpc) is 2.28. The van der Waals surface area contributed by atoms with Crippen LogP contribution >= 0.6 is 0 Å². The molecule has 0 radical (unpaired) electrons. The fourth-order valence-electron chi connectivity index (χ4n) is 2.65. The zero-order valence-electron chi connectivity index (χ0n) is 9.84. The standard InChI is InChI=1S/C13H26/c1-10(2)12-7-5-6-8-13(9-12)11(3)4/h10-13H,5-9H2,1-4H3. The van der Waals surface area contributed by atoms with Gasteiger partial charge in [-0.25, -0.2) is 0 Å². The normalized spacial score (nSPS) is 30.9. The first-order valence-electron chi connectivity index (χ1n) is 6.11. The molecule has 0 aromatic carbocycles. The second kappa shape index (κ2) is 5.02. The van der Waals surface area contributed by atoms with E-state index in [0.717, 1.165) is 23.7 Å². The molecule has 78 valence electrons. The highest BCUT2D eigenvalue weighted by molar-refractivity contribution is 4.75. The third-order valence-electron chi connectivity index (χ3n) is 3.89. The maximum absolute atomic E-state index is 2.40. The summed E-state index contributed by atoms with van der Waals surface area (Å²) in [4.78, 5) is 0. The topological polar surface area (TPSA) is 0 Å². The third kappa shape index (κ3) is 3.32. The van der Waals surface area contributed by atoms with Crippen molar-refractivity contribution in [1.82, 2.24) is 0 Å². The molecule has 1 aliphatic carbocycles. The monoisotopic (exact) mass is 182 g/mol. The number of rotatable bonds is 2. The molecule has 0 spiro atoms. The van der Waals surface area contributed by atoms with E-state index in [1.165, 1.54) is 32.1 Å². The number of hydrogen-bond acceptors (Lipinski definition) is 0. The van der Waals surface area contributed by atoms with Gasteiger partial charge in [0.05, 0.1) is 0 Å². The van der Waals surface area contributed by atoms with Crippen molar-refractivity contribution < 1.29 is 0 Å². The maximum atomic E-state index is 2.40. The molecule has 1 rings (SSSR count). The van der Waals surface area contributed by atoms with Gasteiger partial charge in [-0.2, -0.15) is 0 Å². The molecule has 1 saturated carbocycles. The summed E-state index contributed by atoms with van der Waals surface area (Å²) < 4.78 is 0. The predicted molar refractivity (Wildman–Crippen MR) is 59.7 cm³/mol. The summed E-state index contributed by atoms with van der Waals surface area (Å²) in [5, 5.41) is 0. The quantitative estimate of drug-likeness (QED) is 0.552. The Labute approximate surface area is 84.1 Å². The molecular formula is C13H26. The maximum Gasteiger partial charge on any atom is -0.0388 e. The Balaban J connectivity index is 2.49. The predicted octanol–water partition coefficient (Wildman–Crippen LogP) is 4.49. The van der Waals surface area contributed by atoms with Gasteiger partial charge >= 0.3 is 0 Å². The van der Waals surface area contributed by atoms with Crippen LogP contribution in [-0.2, 0) is 0 Å². The van der Waals surface area contributed by atoms with E-state index in [9.17, 15) is 0 Å². The third-order valence-corrected chi connectivity index (χ3v) is 3.89. The van der Waals surface area contributed by atoms with E-state index < -0.39 is 0 Å². The highest BCUT2D eigenvalue weighted by Gasteiger charge is 2.23. The largest absolute Gasteiger partial charge is 0.0625 e. The Kier molecular flexibility index (Phi) is 4.28. The van der Waals surface area contributed by atoms with E-state index in [1.54, 1.807) is 0 Å². The van der Waals surface area contributed by atoms with Crippen LogP contribution in [0.5, 0.6) is 0 Å². The highest BCUT2D eigenvalue weighted by Crippen LogP contribution is 2.35. The molecule has 0 N–H and O–H groups in total. The van der Waals surface area contributed by atoms with Gasteiger partial charge in [-0.05, 0) is 30.1 Å². The first kappa shape index (κ1) is 11.1. The van der Waals surface area contributed by atoms with E-state index in [1.807, 2.05) is 0 Å². The Morgan fingerprint density at radius 3 is 1.46 bits per heavy atom. The van der Waals surface area contributed by atoms with Gasteiger partial charge in [0, 0.05) is 0 Å². The molecule has 2 atom stereocenters. The molecule has 0 amide bonds.